The van der Waals surface area contributed by atoms with Crippen molar-refractivity contribution in [2.75, 3.05) is 5.73 Å². The highest BCUT2D eigenvalue weighted by atomic mass is 32.2. The Morgan fingerprint density at radius 2 is 1.91 bits per heavy atom. The molecule has 116 valence electrons. The molecule has 8 nitrogen and oxygen atoms in total. The van der Waals surface area contributed by atoms with E-state index in [0.717, 1.165) is 3.97 Å². The predicted molar refractivity (Wildman–Crippen MR) is 80.2 cm³/mol. The standard InChI is InChI=1S/C13H14N4O4S/c1-7-12(8(2)21-15-7)22(19,20)17-11-6-9(14)4-5-10(11)16(3)13(17)18/h4-6H,14H2,1-3H3. The third-order valence-corrected chi connectivity index (χ3v) is 5.44. The third kappa shape index (κ3) is 1.78. The van der Waals surface area contributed by atoms with Crippen LogP contribution in [0.15, 0.2) is 32.4 Å². The molecule has 0 amide bonds. The van der Waals surface area contributed by atoms with Crippen molar-refractivity contribution in [2.45, 2.75) is 18.7 Å². The summed E-state index contributed by atoms with van der Waals surface area (Å²) in [7, 11) is -2.64. The lowest BCUT2D eigenvalue weighted by Crippen LogP contribution is -2.29. The summed E-state index contributed by atoms with van der Waals surface area (Å²) in [5, 5.41) is 3.64. The maximum Gasteiger partial charge on any atom is 0.343 e. The van der Waals surface area contributed by atoms with Gasteiger partial charge in [0.2, 0.25) is 0 Å². The molecule has 22 heavy (non-hydrogen) atoms. The number of aromatic nitrogens is 3. The zero-order valence-electron chi connectivity index (χ0n) is 12.2. The Balaban J connectivity index is 2.48. The van der Waals surface area contributed by atoms with Gasteiger partial charge in [0.15, 0.2) is 10.7 Å². The van der Waals surface area contributed by atoms with Crippen LogP contribution in [0.3, 0.4) is 0 Å². The van der Waals surface area contributed by atoms with E-state index in [0.29, 0.717) is 11.2 Å². The number of anilines is 1. The monoisotopic (exact) mass is 322 g/mol. The molecule has 0 spiro atoms. The number of benzene rings is 1. The van der Waals surface area contributed by atoms with Crippen molar-refractivity contribution in [3.8, 4) is 0 Å². The van der Waals surface area contributed by atoms with Gasteiger partial charge in [-0.25, -0.2) is 13.2 Å². The van der Waals surface area contributed by atoms with Gasteiger partial charge in [0.05, 0.1) is 11.0 Å². The normalized spacial score (nSPS) is 12.1. The van der Waals surface area contributed by atoms with Crippen molar-refractivity contribution in [1.82, 2.24) is 13.7 Å². The second-order valence-corrected chi connectivity index (χ2v) is 6.74. The molecular formula is C13H14N4O4S. The summed E-state index contributed by atoms with van der Waals surface area (Å²) < 4.78 is 32.7. The molecule has 3 aromatic rings. The Labute approximate surface area is 125 Å². The number of aryl methyl sites for hydroxylation is 3. The lowest BCUT2D eigenvalue weighted by Gasteiger charge is -2.05. The van der Waals surface area contributed by atoms with Gasteiger partial charge in [-0.15, -0.1) is 0 Å². The lowest BCUT2D eigenvalue weighted by molar-refractivity contribution is 0.390. The van der Waals surface area contributed by atoms with Gasteiger partial charge in [-0.05, 0) is 32.0 Å². The van der Waals surface area contributed by atoms with Gasteiger partial charge in [-0.2, -0.15) is 3.97 Å². The van der Waals surface area contributed by atoms with Crippen LogP contribution in [0.25, 0.3) is 11.0 Å². The summed E-state index contributed by atoms with van der Waals surface area (Å²) in [6.07, 6.45) is 0. The molecule has 0 saturated heterocycles. The molecule has 0 saturated carbocycles. The van der Waals surface area contributed by atoms with Crippen molar-refractivity contribution in [2.24, 2.45) is 7.05 Å². The molecule has 0 aliphatic carbocycles. The van der Waals surface area contributed by atoms with E-state index >= 15 is 0 Å². The minimum atomic E-state index is -4.14. The van der Waals surface area contributed by atoms with Gasteiger partial charge >= 0.3 is 5.69 Å². The van der Waals surface area contributed by atoms with Crippen molar-refractivity contribution in [3.63, 3.8) is 0 Å². The molecule has 9 heteroatoms. The number of nitrogens with two attached hydrogens (primary N) is 1. The number of imidazole rings is 1. The van der Waals surface area contributed by atoms with E-state index in [-0.39, 0.29) is 21.9 Å². The number of fused-ring (bicyclic) bond motifs is 1. The summed E-state index contributed by atoms with van der Waals surface area (Å²) in [4.78, 5) is 12.3. The fraction of sp³-hybridized carbons (Fsp3) is 0.231. The van der Waals surface area contributed by atoms with Gasteiger partial charge in [-0.1, -0.05) is 5.16 Å². The Bertz CT molecular complexity index is 1040. The van der Waals surface area contributed by atoms with Crippen LogP contribution in [0.4, 0.5) is 5.69 Å². The largest absolute Gasteiger partial charge is 0.399 e. The number of nitrogens with zero attached hydrogens (tertiary/aromatic N) is 3. The SMILES string of the molecule is Cc1noc(C)c1S(=O)(=O)n1c(=O)n(C)c2ccc(N)cc21. The molecule has 0 fully saturated rings. The highest BCUT2D eigenvalue weighted by Gasteiger charge is 2.30. The fourth-order valence-electron chi connectivity index (χ4n) is 2.50. The van der Waals surface area contributed by atoms with Gasteiger partial charge in [0.1, 0.15) is 5.69 Å². The number of hydrogen-bond donors (Lipinski definition) is 1. The maximum absolute atomic E-state index is 12.9. The molecule has 0 aliphatic rings. The highest BCUT2D eigenvalue weighted by Crippen LogP contribution is 2.25. The molecule has 2 N–H and O–H groups in total. The van der Waals surface area contributed by atoms with E-state index in [2.05, 4.69) is 5.16 Å². The Morgan fingerprint density at radius 3 is 2.50 bits per heavy atom. The Hall–Kier alpha value is -2.55. The summed E-state index contributed by atoms with van der Waals surface area (Å²) in [6, 6.07) is 4.66. The number of nitrogen functional groups attached to an aromatic ring is 1. The first kappa shape index (κ1) is 14.4. The van der Waals surface area contributed by atoms with Gasteiger partial charge in [0, 0.05) is 12.7 Å². The summed E-state index contributed by atoms with van der Waals surface area (Å²) in [6.45, 7) is 2.99. The zero-order chi connectivity index (χ0) is 16.2. The van der Waals surface area contributed by atoms with Crippen LogP contribution >= 0.6 is 0 Å². The zero-order valence-corrected chi connectivity index (χ0v) is 13.0. The molecule has 0 atom stereocenters. The second-order valence-electron chi connectivity index (χ2n) is 5.01. The van der Waals surface area contributed by atoms with E-state index in [1.165, 1.54) is 31.5 Å². The van der Waals surface area contributed by atoms with Crippen molar-refractivity contribution >= 4 is 26.7 Å². The number of rotatable bonds is 2. The third-order valence-electron chi connectivity index (χ3n) is 3.51. The van der Waals surface area contributed by atoms with Gasteiger partial charge < -0.3 is 10.3 Å². The highest BCUT2D eigenvalue weighted by molar-refractivity contribution is 7.90. The first-order valence-electron chi connectivity index (χ1n) is 6.40. The first-order chi connectivity index (χ1) is 10.2. The van der Waals surface area contributed by atoms with Crippen molar-refractivity contribution in [1.29, 1.82) is 0 Å². The minimum absolute atomic E-state index is 0.107. The van der Waals surface area contributed by atoms with E-state index < -0.39 is 15.7 Å². The lowest BCUT2D eigenvalue weighted by atomic mass is 10.3. The average molecular weight is 322 g/mol. The molecule has 0 aliphatic heterocycles. The molecule has 0 unspecified atom stereocenters. The van der Waals surface area contributed by atoms with E-state index in [1.807, 2.05) is 0 Å². The van der Waals surface area contributed by atoms with E-state index in [1.54, 1.807) is 12.1 Å². The quantitative estimate of drug-likeness (QED) is 0.697. The summed E-state index contributed by atoms with van der Waals surface area (Å²) >= 11 is 0. The molecule has 2 heterocycles. The van der Waals surface area contributed by atoms with Crippen LogP contribution in [0, 0.1) is 13.8 Å². The molecule has 0 bridgehead atoms. The Morgan fingerprint density at radius 1 is 1.23 bits per heavy atom. The maximum atomic E-state index is 12.9. The minimum Gasteiger partial charge on any atom is -0.399 e. The van der Waals surface area contributed by atoms with Gasteiger partial charge in [0.25, 0.3) is 10.0 Å². The van der Waals surface area contributed by atoms with E-state index in [4.69, 9.17) is 10.3 Å². The van der Waals surface area contributed by atoms with Crippen molar-refractivity contribution in [3.05, 3.63) is 40.1 Å². The summed E-state index contributed by atoms with van der Waals surface area (Å²) in [5.41, 5.74) is 6.29. The van der Waals surface area contributed by atoms with Crippen LogP contribution < -0.4 is 11.4 Å². The average Bonchev–Trinajstić information content (AvgIpc) is 2.89. The van der Waals surface area contributed by atoms with Crippen LogP contribution in [-0.2, 0) is 17.1 Å². The molecule has 1 aromatic carbocycles. The first-order valence-corrected chi connectivity index (χ1v) is 7.84. The van der Waals surface area contributed by atoms with Gasteiger partial charge in [-0.3, -0.25) is 4.57 Å². The van der Waals surface area contributed by atoms with Crippen LogP contribution in [0.2, 0.25) is 0 Å². The fourth-order valence-corrected chi connectivity index (χ4v) is 4.22. The molecule has 3 rings (SSSR count). The molecular weight excluding hydrogens is 308 g/mol. The van der Waals surface area contributed by atoms with Crippen molar-refractivity contribution < 1.29 is 12.9 Å². The van der Waals surface area contributed by atoms with Crippen LogP contribution in [0.5, 0.6) is 0 Å². The molecule has 2 aromatic heterocycles. The Kier molecular flexibility index (Phi) is 2.92. The topological polar surface area (TPSA) is 113 Å². The van der Waals surface area contributed by atoms with Crippen LogP contribution in [0.1, 0.15) is 11.5 Å². The van der Waals surface area contributed by atoms with E-state index in [9.17, 15) is 13.2 Å². The molecule has 0 radical (unpaired) electrons. The second kappa shape index (κ2) is 4.47. The predicted octanol–water partition coefficient (Wildman–Crippen LogP) is 0.764. The van der Waals surface area contributed by atoms with Crippen LogP contribution in [-0.4, -0.2) is 22.1 Å². The number of hydrogen-bond acceptors (Lipinski definition) is 6. The summed E-state index contributed by atoms with van der Waals surface area (Å²) in [5.74, 6) is 0.130. The smallest absolute Gasteiger partial charge is 0.343 e.